The molecule has 1 unspecified atom stereocenters. The molecule has 0 aliphatic carbocycles. The van der Waals surface area contributed by atoms with Gasteiger partial charge >= 0.3 is 0 Å². The predicted octanol–water partition coefficient (Wildman–Crippen LogP) is 2.32. The number of ether oxygens (including phenoxy) is 1. The number of nitrogens with one attached hydrogen (secondary N) is 1. The van der Waals surface area contributed by atoms with Gasteiger partial charge in [0.15, 0.2) is 5.75 Å². The van der Waals surface area contributed by atoms with E-state index in [9.17, 15) is 9.59 Å². The van der Waals surface area contributed by atoms with Crippen molar-refractivity contribution in [1.29, 1.82) is 0 Å². The lowest BCUT2D eigenvalue weighted by atomic mass is 9.84. The van der Waals surface area contributed by atoms with Gasteiger partial charge in [0.05, 0.1) is 23.4 Å². The molecule has 1 atom stereocenters. The van der Waals surface area contributed by atoms with Gasteiger partial charge in [-0.25, -0.2) is 0 Å². The molecule has 1 aromatic carbocycles. The molecule has 0 spiro atoms. The number of hydrogen-bond acceptors (Lipinski definition) is 4. The Kier molecular flexibility index (Phi) is 4.93. The number of hydrogen-bond donors (Lipinski definition) is 1. The summed E-state index contributed by atoms with van der Waals surface area (Å²) in [5, 5.41) is 3.56. The summed E-state index contributed by atoms with van der Waals surface area (Å²) in [6.07, 6.45) is 3.81. The number of aromatic nitrogens is 1. The highest BCUT2D eigenvalue weighted by molar-refractivity contribution is 6.32. The monoisotopic (exact) mass is 387 g/mol. The second-order valence-corrected chi connectivity index (χ2v) is 7.54. The van der Waals surface area contributed by atoms with E-state index in [2.05, 4.69) is 10.2 Å². The molecule has 1 amide bonds. The molecule has 5 rings (SSSR count). The van der Waals surface area contributed by atoms with E-state index in [-0.39, 0.29) is 17.5 Å². The van der Waals surface area contributed by atoms with Gasteiger partial charge < -0.3 is 15.0 Å². The highest BCUT2D eigenvalue weighted by Crippen LogP contribution is 2.31. The van der Waals surface area contributed by atoms with E-state index in [4.69, 9.17) is 16.3 Å². The van der Waals surface area contributed by atoms with Crippen molar-refractivity contribution in [2.24, 2.45) is 5.92 Å². The molecule has 0 radical (unpaired) electrons. The number of methoxy groups -OCH3 is 1. The van der Waals surface area contributed by atoms with Gasteiger partial charge in [0.25, 0.3) is 11.5 Å². The fourth-order valence-corrected chi connectivity index (χ4v) is 4.33. The van der Waals surface area contributed by atoms with Crippen molar-refractivity contribution in [1.82, 2.24) is 14.8 Å². The lowest BCUT2D eigenvalue weighted by Crippen LogP contribution is -2.57. The van der Waals surface area contributed by atoms with Crippen LogP contribution in [0.15, 0.2) is 41.3 Å². The standard InChI is InChI=1S/C20H22ClN3O3/c1-27-19-15(21)3-2-4-17(19)24-11-14(5-6-18(24)25)20(26)22-16-12-23-9-7-13(16)8-10-23/h2-6,11,13,16H,7-10,12H2,1H3,(H,22,26). The van der Waals surface area contributed by atoms with E-state index in [1.54, 1.807) is 30.5 Å². The van der Waals surface area contributed by atoms with E-state index in [1.807, 2.05) is 0 Å². The van der Waals surface area contributed by atoms with Crippen LogP contribution in [0, 0.1) is 5.92 Å². The largest absolute Gasteiger partial charge is 0.493 e. The molecule has 3 fully saturated rings. The number of carbonyl (C=O) groups excluding carboxylic acids is 1. The van der Waals surface area contributed by atoms with Gasteiger partial charge in [-0.1, -0.05) is 17.7 Å². The Labute approximate surface area is 162 Å². The number of rotatable bonds is 4. The zero-order valence-electron chi connectivity index (χ0n) is 15.2. The fraction of sp³-hybridized carbons (Fsp3) is 0.400. The van der Waals surface area contributed by atoms with E-state index in [1.165, 1.54) is 17.7 Å². The first-order valence-electron chi connectivity index (χ1n) is 9.15. The molecule has 2 aromatic rings. The Morgan fingerprint density at radius 3 is 2.67 bits per heavy atom. The molecular formula is C20H22ClN3O3. The summed E-state index contributed by atoms with van der Waals surface area (Å²) < 4.78 is 6.74. The normalized spacial score (nSPS) is 23.9. The Hall–Kier alpha value is -2.31. The quantitative estimate of drug-likeness (QED) is 0.874. The van der Waals surface area contributed by atoms with Crippen molar-refractivity contribution >= 4 is 17.5 Å². The van der Waals surface area contributed by atoms with Gasteiger partial charge in [0, 0.05) is 24.8 Å². The average molecular weight is 388 g/mol. The van der Waals surface area contributed by atoms with Crippen molar-refractivity contribution in [3.05, 3.63) is 57.5 Å². The minimum absolute atomic E-state index is 0.163. The van der Waals surface area contributed by atoms with Crippen molar-refractivity contribution in [3.8, 4) is 11.4 Å². The number of nitrogens with zero attached hydrogens (tertiary/aromatic N) is 2. The number of amides is 1. The van der Waals surface area contributed by atoms with E-state index < -0.39 is 0 Å². The van der Waals surface area contributed by atoms with Gasteiger partial charge in [0.2, 0.25) is 0 Å². The maximum absolute atomic E-state index is 12.8. The van der Waals surface area contributed by atoms with Crippen molar-refractivity contribution in [3.63, 3.8) is 0 Å². The molecular weight excluding hydrogens is 366 g/mol. The predicted molar refractivity (Wildman–Crippen MR) is 104 cm³/mol. The molecule has 3 saturated heterocycles. The zero-order valence-corrected chi connectivity index (χ0v) is 15.9. The van der Waals surface area contributed by atoms with Crippen molar-refractivity contribution in [2.45, 2.75) is 18.9 Å². The number of carbonyl (C=O) groups is 1. The SMILES string of the molecule is COc1c(Cl)cccc1-n1cc(C(=O)NC2CN3CCC2CC3)ccc1=O. The maximum Gasteiger partial charge on any atom is 0.255 e. The summed E-state index contributed by atoms with van der Waals surface area (Å²) >= 11 is 6.17. The van der Waals surface area contributed by atoms with Crippen LogP contribution in [0.3, 0.4) is 0 Å². The van der Waals surface area contributed by atoms with Crippen LogP contribution in [0.4, 0.5) is 0 Å². The third-order valence-electron chi connectivity index (χ3n) is 5.56. The summed E-state index contributed by atoms with van der Waals surface area (Å²) in [6.45, 7) is 3.14. The molecule has 3 aliphatic heterocycles. The lowest BCUT2D eigenvalue weighted by Gasteiger charge is -2.44. The number of fused-ring (bicyclic) bond motifs is 3. The van der Waals surface area contributed by atoms with Gasteiger partial charge in [-0.15, -0.1) is 0 Å². The highest BCUT2D eigenvalue weighted by Gasteiger charge is 2.35. The highest BCUT2D eigenvalue weighted by atomic mass is 35.5. The summed E-state index contributed by atoms with van der Waals surface area (Å²) in [5.74, 6) is 0.776. The van der Waals surface area contributed by atoms with Crippen LogP contribution in [-0.2, 0) is 0 Å². The van der Waals surface area contributed by atoms with Gasteiger partial charge in [0.1, 0.15) is 0 Å². The van der Waals surface area contributed by atoms with Gasteiger partial charge in [-0.3, -0.25) is 14.2 Å². The molecule has 1 N–H and O–H groups in total. The van der Waals surface area contributed by atoms with Crippen LogP contribution in [0.2, 0.25) is 5.02 Å². The molecule has 27 heavy (non-hydrogen) atoms. The summed E-state index contributed by atoms with van der Waals surface area (Å²) in [4.78, 5) is 27.6. The number of pyridine rings is 1. The second kappa shape index (κ2) is 7.37. The Morgan fingerprint density at radius 2 is 2.00 bits per heavy atom. The average Bonchev–Trinajstić information content (AvgIpc) is 2.69. The minimum Gasteiger partial charge on any atom is -0.493 e. The van der Waals surface area contributed by atoms with Crippen LogP contribution >= 0.6 is 11.6 Å². The van der Waals surface area contributed by atoms with Gasteiger partial charge in [-0.2, -0.15) is 0 Å². The summed E-state index contributed by atoms with van der Waals surface area (Å²) in [5.41, 5.74) is 0.690. The lowest BCUT2D eigenvalue weighted by molar-refractivity contribution is 0.0620. The third kappa shape index (κ3) is 3.47. The minimum atomic E-state index is -0.255. The fourth-order valence-electron chi connectivity index (χ4n) is 4.08. The van der Waals surface area contributed by atoms with Crippen LogP contribution < -0.4 is 15.6 Å². The van der Waals surface area contributed by atoms with Gasteiger partial charge in [-0.05, 0) is 50.0 Å². The number of para-hydroxylation sites is 1. The van der Waals surface area contributed by atoms with E-state index >= 15 is 0 Å². The molecule has 6 nitrogen and oxygen atoms in total. The van der Waals surface area contributed by atoms with Crippen LogP contribution in [0.1, 0.15) is 23.2 Å². The number of halogens is 1. The number of piperidine rings is 3. The van der Waals surface area contributed by atoms with E-state index in [0.717, 1.165) is 32.5 Å². The molecule has 4 heterocycles. The maximum atomic E-state index is 12.8. The van der Waals surface area contributed by atoms with Crippen LogP contribution in [0.5, 0.6) is 5.75 Å². The van der Waals surface area contributed by atoms with Crippen LogP contribution in [0.25, 0.3) is 5.69 Å². The first-order chi connectivity index (χ1) is 13.1. The first-order valence-corrected chi connectivity index (χ1v) is 9.53. The van der Waals surface area contributed by atoms with Crippen molar-refractivity contribution in [2.75, 3.05) is 26.7 Å². The van der Waals surface area contributed by atoms with Crippen molar-refractivity contribution < 1.29 is 9.53 Å². The molecule has 1 aromatic heterocycles. The molecule has 7 heteroatoms. The smallest absolute Gasteiger partial charge is 0.255 e. The summed E-state index contributed by atoms with van der Waals surface area (Å²) in [6, 6.07) is 8.30. The number of benzene rings is 1. The molecule has 3 aliphatic rings. The van der Waals surface area contributed by atoms with E-state index in [0.29, 0.717) is 27.9 Å². The topological polar surface area (TPSA) is 63.6 Å². The first kappa shape index (κ1) is 18.1. The van der Waals surface area contributed by atoms with Crippen LogP contribution in [-0.4, -0.2) is 48.2 Å². The summed E-state index contributed by atoms with van der Waals surface area (Å²) in [7, 11) is 1.50. The zero-order chi connectivity index (χ0) is 19.0. The Bertz CT molecular complexity index is 919. The second-order valence-electron chi connectivity index (χ2n) is 7.14. The Morgan fingerprint density at radius 1 is 1.22 bits per heavy atom. The molecule has 142 valence electrons. The Balaban J connectivity index is 1.62. The third-order valence-corrected chi connectivity index (χ3v) is 5.85. The molecule has 0 saturated carbocycles. The molecule has 2 bridgehead atoms.